The van der Waals surface area contributed by atoms with Crippen molar-refractivity contribution in [2.75, 3.05) is 32.7 Å². The number of hydrogen-bond acceptors (Lipinski definition) is 6. The second kappa shape index (κ2) is 12.1. The zero-order valence-corrected chi connectivity index (χ0v) is 20.9. The Bertz CT molecular complexity index is 1130. The van der Waals surface area contributed by atoms with Gasteiger partial charge >= 0.3 is 0 Å². The maximum atomic E-state index is 13.3. The van der Waals surface area contributed by atoms with E-state index < -0.39 is 21.0 Å². The fourth-order valence-corrected chi connectivity index (χ4v) is 5.18. The topological polar surface area (TPSA) is 113 Å². The molecule has 0 aliphatic carbocycles. The van der Waals surface area contributed by atoms with Gasteiger partial charge in [-0.3, -0.25) is 19.8 Å². The van der Waals surface area contributed by atoms with Crippen LogP contribution in [0.3, 0.4) is 0 Å². The van der Waals surface area contributed by atoms with Crippen LogP contribution in [-0.2, 0) is 14.8 Å². The third-order valence-corrected chi connectivity index (χ3v) is 7.73. The molecule has 3 rings (SSSR count). The maximum absolute atomic E-state index is 13.3. The van der Waals surface area contributed by atoms with Gasteiger partial charge in [0.1, 0.15) is 6.04 Å². The molecule has 2 atom stereocenters. The summed E-state index contributed by atoms with van der Waals surface area (Å²) >= 11 is 0. The van der Waals surface area contributed by atoms with Crippen LogP contribution in [0.1, 0.15) is 25.8 Å². The van der Waals surface area contributed by atoms with Crippen molar-refractivity contribution in [2.45, 2.75) is 31.2 Å². The average Bonchev–Trinajstić information content (AvgIpc) is 2.87. The van der Waals surface area contributed by atoms with E-state index >= 15 is 0 Å². The minimum absolute atomic E-state index is 0.112. The molecule has 10 heteroatoms. The molecule has 1 aliphatic rings. The highest BCUT2D eigenvalue weighted by Gasteiger charge is 2.34. The lowest BCUT2D eigenvalue weighted by Crippen LogP contribution is -2.56. The van der Waals surface area contributed by atoms with Gasteiger partial charge in [0, 0.05) is 44.9 Å². The number of non-ortho nitro benzene ring substituents is 1. The van der Waals surface area contributed by atoms with Crippen molar-refractivity contribution in [3.63, 3.8) is 0 Å². The van der Waals surface area contributed by atoms with Crippen LogP contribution in [0.2, 0.25) is 0 Å². The van der Waals surface area contributed by atoms with E-state index in [1.165, 1.54) is 12.1 Å². The maximum Gasteiger partial charge on any atom is 0.269 e. The summed E-state index contributed by atoms with van der Waals surface area (Å²) in [5.74, 6) is -0.466. The minimum Gasteiger partial charge on any atom is -0.339 e. The van der Waals surface area contributed by atoms with Gasteiger partial charge in [0.15, 0.2) is 0 Å². The first-order valence-corrected chi connectivity index (χ1v) is 13.2. The molecule has 1 saturated heterocycles. The number of amides is 1. The highest BCUT2D eigenvalue weighted by Crippen LogP contribution is 2.19. The Hall–Kier alpha value is -3.08. The van der Waals surface area contributed by atoms with Crippen molar-refractivity contribution in [1.82, 2.24) is 14.5 Å². The van der Waals surface area contributed by atoms with Crippen molar-refractivity contribution < 1.29 is 18.1 Å². The molecule has 1 fully saturated rings. The number of nitrogens with one attached hydrogen (secondary N) is 1. The van der Waals surface area contributed by atoms with Gasteiger partial charge in [-0.2, -0.15) is 4.72 Å². The van der Waals surface area contributed by atoms with Crippen molar-refractivity contribution in [3.8, 4) is 0 Å². The second-order valence-corrected chi connectivity index (χ2v) is 10.4. The quantitative estimate of drug-likeness (QED) is 0.396. The largest absolute Gasteiger partial charge is 0.339 e. The standard InChI is InChI=1S/C25H32N4O5S/c1-3-20(2)24(26-35(33,34)23-13-11-22(12-14-23)29(31)32)25(30)28-18-16-27(17-19-28)15-7-10-21-8-5-4-6-9-21/h4-14,20,24,26H,3,15-19H2,1-2H3/b10-7+. The lowest BCUT2D eigenvalue weighted by molar-refractivity contribution is -0.384. The van der Waals surface area contributed by atoms with Gasteiger partial charge in [-0.1, -0.05) is 62.8 Å². The van der Waals surface area contributed by atoms with Crippen LogP contribution in [0, 0.1) is 16.0 Å². The number of nitrogens with zero attached hydrogens (tertiary/aromatic N) is 3. The SMILES string of the molecule is CCC(C)C(NS(=O)(=O)c1ccc([N+](=O)[O-])cc1)C(=O)N1CCN(C/C=C/c2ccccc2)CC1. The molecule has 0 radical (unpaired) electrons. The number of benzene rings is 2. The van der Waals surface area contributed by atoms with Crippen LogP contribution in [0.15, 0.2) is 65.6 Å². The molecule has 1 aliphatic heterocycles. The Morgan fingerprint density at radius 3 is 2.29 bits per heavy atom. The molecule has 1 amide bonds. The monoisotopic (exact) mass is 500 g/mol. The van der Waals surface area contributed by atoms with E-state index in [0.29, 0.717) is 32.6 Å². The van der Waals surface area contributed by atoms with E-state index in [1.54, 1.807) is 4.90 Å². The summed E-state index contributed by atoms with van der Waals surface area (Å²) < 4.78 is 28.5. The van der Waals surface area contributed by atoms with E-state index in [-0.39, 0.29) is 22.4 Å². The van der Waals surface area contributed by atoms with E-state index in [9.17, 15) is 23.3 Å². The molecule has 188 valence electrons. The van der Waals surface area contributed by atoms with Crippen LogP contribution in [0.5, 0.6) is 0 Å². The Morgan fingerprint density at radius 1 is 1.09 bits per heavy atom. The number of sulfonamides is 1. The summed E-state index contributed by atoms with van der Waals surface area (Å²) in [6.07, 6.45) is 4.79. The van der Waals surface area contributed by atoms with Crippen molar-refractivity contribution >= 4 is 27.7 Å². The summed E-state index contributed by atoms with van der Waals surface area (Å²) in [6.45, 7) is 6.96. The Balaban J connectivity index is 1.61. The molecule has 0 spiro atoms. The van der Waals surface area contributed by atoms with Gasteiger partial charge < -0.3 is 4.90 Å². The predicted molar refractivity (Wildman–Crippen MR) is 135 cm³/mol. The minimum atomic E-state index is -4.03. The number of hydrogen-bond donors (Lipinski definition) is 1. The Kier molecular flexibility index (Phi) is 9.13. The normalized spacial score (nSPS) is 16.8. The van der Waals surface area contributed by atoms with Gasteiger partial charge in [-0.25, -0.2) is 8.42 Å². The second-order valence-electron chi connectivity index (χ2n) is 8.67. The van der Waals surface area contributed by atoms with E-state index in [2.05, 4.69) is 21.8 Å². The first-order valence-electron chi connectivity index (χ1n) is 11.7. The number of piperazine rings is 1. The summed E-state index contributed by atoms with van der Waals surface area (Å²) in [5, 5.41) is 10.9. The van der Waals surface area contributed by atoms with Crippen molar-refractivity contribution in [1.29, 1.82) is 0 Å². The Morgan fingerprint density at radius 2 is 1.71 bits per heavy atom. The van der Waals surface area contributed by atoms with E-state index in [0.717, 1.165) is 24.2 Å². The molecule has 1 N–H and O–H groups in total. The van der Waals surface area contributed by atoms with Gasteiger partial charge in [0.25, 0.3) is 5.69 Å². The van der Waals surface area contributed by atoms with Crippen LogP contribution in [0.4, 0.5) is 5.69 Å². The number of nitro benzene ring substituents is 1. The van der Waals surface area contributed by atoms with Crippen LogP contribution < -0.4 is 4.72 Å². The molecule has 2 aromatic carbocycles. The van der Waals surface area contributed by atoms with Crippen LogP contribution >= 0.6 is 0 Å². The summed E-state index contributed by atoms with van der Waals surface area (Å²) in [7, 11) is -4.03. The van der Waals surface area contributed by atoms with Crippen molar-refractivity contribution in [3.05, 3.63) is 76.4 Å². The van der Waals surface area contributed by atoms with Crippen LogP contribution in [-0.4, -0.2) is 67.8 Å². The molecule has 0 saturated carbocycles. The molecule has 2 unspecified atom stereocenters. The fraction of sp³-hybridized carbons (Fsp3) is 0.400. The van der Waals surface area contributed by atoms with Crippen molar-refractivity contribution in [2.24, 2.45) is 5.92 Å². The smallest absolute Gasteiger partial charge is 0.269 e. The number of carbonyl (C=O) groups is 1. The van der Waals surface area contributed by atoms with E-state index in [1.807, 2.05) is 44.2 Å². The fourth-order valence-electron chi connectivity index (χ4n) is 3.88. The molecular weight excluding hydrogens is 468 g/mol. The molecule has 2 aromatic rings. The molecular formula is C25H32N4O5S. The third-order valence-electron chi connectivity index (χ3n) is 6.28. The number of nitro groups is 1. The summed E-state index contributed by atoms with van der Waals surface area (Å²) in [4.78, 5) is 27.5. The van der Waals surface area contributed by atoms with Gasteiger partial charge in [0.05, 0.1) is 9.82 Å². The highest BCUT2D eigenvalue weighted by molar-refractivity contribution is 7.89. The van der Waals surface area contributed by atoms with Gasteiger partial charge in [-0.05, 0) is 23.6 Å². The number of rotatable bonds is 10. The van der Waals surface area contributed by atoms with Gasteiger partial charge in [-0.15, -0.1) is 0 Å². The molecule has 1 heterocycles. The molecule has 9 nitrogen and oxygen atoms in total. The Labute approximate surface area is 206 Å². The van der Waals surface area contributed by atoms with Crippen LogP contribution in [0.25, 0.3) is 6.08 Å². The van der Waals surface area contributed by atoms with E-state index in [4.69, 9.17) is 0 Å². The zero-order valence-electron chi connectivity index (χ0n) is 20.0. The first kappa shape index (κ1) is 26.5. The average molecular weight is 501 g/mol. The molecule has 0 bridgehead atoms. The molecule has 0 aromatic heterocycles. The molecule has 35 heavy (non-hydrogen) atoms. The lowest BCUT2D eigenvalue weighted by Gasteiger charge is -2.37. The number of carbonyl (C=O) groups excluding carboxylic acids is 1. The van der Waals surface area contributed by atoms with Gasteiger partial charge in [0.2, 0.25) is 15.9 Å². The summed E-state index contributed by atoms with van der Waals surface area (Å²) in [6, 6.07) is 13.8. The zero-order chi connectivity index (χ0) is 25.4. The highest BCUT2D eigenvalue weighted by atomic mass is 32.2. The summed E-state index contributed by atoms with van der Waals surface area (Å²) in [5.41, 5.74) is 0.938. The lowest BCUT2D eigenvalue weighted by atomic mass is 9.98. The first-order chi connectivity index (χ1) is 16.7. The third kappa shape index (κ3) is 7.20. The predicted octanol–water partition coefficient (Wildman–Crippen LogP) is 3.15.